The summed E-state index contributed by atoms with van der Waals surface area (Å²) in [6.07, 6.45) is 0. The molecular formula is C17H14ClNO4. The van der Waals surface area contributed by atoms with Crippen molar-refractivity contribution in [1.82, 2.24) is 4.90 Å². The molecule has 2 heterocycles. The van der Waals surface area contributed by atoms with E-state index in [0.717, 1.165) is 16.9 Å². The molecule has 0 unspecified atom stereocenters. The van der Waals surface area contributed by atoms with Crippen LogP contribution in [-0.2, 0) is 17.9 Å². The van der Waals surface area contributed by atoms with E-state index in [2.05, 4.69) is 0 Å². The molecular weight excluding hydrogens is 318 g/mol. The van der Waals surface area contributed by atoms with Crippen molar-refractivity contribution in [3.05, 3.63) is 52.5 Å². The third-order valence-electron chi connectivity index (χ3n) is 3.90. The van der Waals surface area contributed by atoms with Crippen LogP contribution in [0, 0.1) is 0 Å². The van der Waals surface area contributed by atoms with Crippen LogP contribution in [0.4, 0.5) is 0 Å². The van der Waals surface area contributed by atoms with E-state index in [1.54, 1.807) is 17.0 Å². The number of carbonyl (C=O) groups excluding carboxylic acids is 1. The normalized spacial score (nSPS) is 15.9. The van der Waals surface area contributed by atoms with Crippen LogP contribution in [0.15, 0.2) is 36.4 Å². The Bertz CT molecular complexity index is 777. The van der Waals surface area contributed by atoms with Gasteiger partial charge in [-0.15, -0.1) is 0 Å². The molecule has 23 heavy (non-hydrogen) atoms. The molecule has 5 nitrogen and oxygen atoms in total. The third kappa shape index (κ3) is 2.80. The quantitative estimate of drug-likeness (QED) is 0.849. The van der Waals surface area contributed by atoms with Gasteiger partial charge in [0.25, 0.3) is 5.91 Å². The number of nitrogens with zero attached hydrogens (tertiary/aromatic N) is 1. The first kappa shape index (κ1) is 14.2. The van der Waals surface area contributed by atoms with Crippen LogP contribution < -0.4 is 14.2 Å². The highest BCUT2D eigenvalue weighted by molar-refractivity contribution is 6.30. The maximum atomic E-state index is 12.3. The second kappa shape index (κ2) is 5.66. The van der Waals surface area contributed by atoms with Crippen molar-refractivity contribution in [2.24, 2.45) is 0 Å². The Kier molecular flexibility index (Phi) is 3.50. The predicted octanol–water partition coefficient (Wildman–Crippen LogP) is 2.99. The van der Waals surface area contributed by atoms with Gasteiger partial charge in [0.05, 0.1) is 0 Å². The minimum atomic E-state index is -0.0602. The van der Waals surface area contributed by atoms with Gasteiger partial charge in [-0.25, -0.2) is 0 Å². The van der Waals surface area contributed by atoms with Crippen LogP contribution in [-0.4, -0.2) is 24.2 Å². The lowest BCUT2D eigenvalue weighted by atomic mass is 10.1. The van der Waals surface area contributed by atoms with E-state index in [-0.39, 0.29) is 19.3 Å². The topological polar surface area (TPSA) is 48.0 Å². The van der Waals surface area contributed by atoms with Gasteiger partial charge in [-0.1, -0.05) is 17.7 Å². The first-order valence-corrected chi connectivity index (χ1v) is 7.64. The molecule has 4 rings (SSSR count). The summed E-state index contributed by atoms with van der Waals surface area (Å²) < 4.78 is 16.3. The lowest BCUT2D eigenvalue weighted by molar-refractivity contribution is -0.133. The molecule has 0 N–H and O–H groups in total. The number of amides is 1. The molecule has 0 fully saturated rings. The molecule has 0 bridgehead atoms. The largest absolute Gasteiger partial charge is 0.483 e. The van der Waals surface area contributed by atoms with E-state index in [0.29, 0.717) is 29.6 Å². The lowest BCUT2D eigenvalue weighted by Crippen LogP contribution is -2.31. The summed E-state index contributed by atoms with van der Waals surface area (Å²) >= 11 is 6.05. The van der Waals surface area contributed by atoms with Crippen molar-refractivity contribution in [2.75, 3.05) is 13.4 Å². The summed E-state index contributed by atoms with van der Waals surface area (Å²) in [4.78, 5) is 14.1. The zero-order valence-electron chi connectivity index (χ0n) is 12.3. The van der Waals surface area contributed by atoms with Gasteiger partial charge in [-0.3, -0.25) is 4.79 Å². The Balaban J connectivity index is 1.59. The first-order chi connectivity index (χ1) is 11.2. The van der Waals surface area contributed by atoms with Gasteiger partial charge in [0, 0.05) is 23.7 Å². The molecule has 0 atom stereocenters. The number of hydrogen-bond acceptors (Lipinski definition) is 4. The minimum Gasteiger partial charge on any atom is -0.483 e. The fourth-order valence-corrected chi connectivity index (χ4v) is 2.94. The number of hydrogen-bond donors (Lipinski definition) is 0. The van der Waals surface area contributed by atoms with Crippen LogP contribution in [0.1, 0.15) is 11.1 Å². The second-order valence-electron chi connectivity index (χ2n) is 5.48. The SMILES string of the molecule is O=C1COc2ccc(Cl)cc2CN1Cc1ccc2c(c1)OCO2. The summed E-state index contributed by atoms with van der Waals surface area (Å²) in [5.41, 5.74) is 1.89. The number of rotatable bonds is 2. The Hall–Kier alpha value is -2.40. The van der Waals surface area contributed by atoms with E-state index in [1.807, 2.05) is 24.3 Å². The molecule has 0 aromatic heterocycles. The number of fused-ring (bicyclic) bond motifs is 2. The molecule has 1 amide bonds. The van der Waals surface area contributed by atoms with E-state index >= 15 is 0 Å². The summed E-state index contributed by atoms with van der Waals surface area (Å²) in [6.45, 7) is 1.20. The van der Waals surface area contributed by atoms with Crippen molar-refractivity contribution in [1.29, 1.82) is 0 Å². The maximum Gasteiger partial charge on any atom is 0.261 e. The molecule has 0 radical (unpaired) electrons. The number of benzene rings is 2. The minimum absolute atomic E-state index is 0.0270. The van der Waals surface area contributed by atoms with Gasteiger partial charge in [-0.05, 0) is 35.9 Å². The Morgan fingerprint density at radius 3 is 2.74 bits per heavy atom. The number of ether oxygens (including phenoxy) is 3. The van der Waals surface area contributed by atoms with E-state index < -0.39 is 0 Å². The van der Waals surface area contributed by atoms with Gasteiger partial charge in [0.1, 0.15) is 5.75 Å². The van der Waals surface area contributed by atoms with Gasteiger partial charge < -0.3 is 19.1 Å². The Morgan fingerprint density at radius 2 is 1.83 bits per heavy atom. The molecule has 2 aliphatic rings. The molecule has 0 saturated carbocycles. The second-order valence-corrected chi connectivity index (χ2v) is 5.91. The van der Waals surface area contributed by atoms with Crippen LogP contribution in [0.3, 0.4) is 0 Å². The summed E-state index contributed by atoms with van der Waals surface area (Å²) in [6, 6.07) is 11.1. The van der Waals surface area contributed by atoms with Gasteiger partial charge in [0.15, 0.2) is 18.1 Å². The van der Waals surface area contributed by atoms with Crippen molar-refractivity contribution < 1.29 is 19.0 Å². The maximum absolute atomic E-state index is 12.3. The highest BCUT2D eigenvalue weighted by Gasteiger charge is 2.23. The van der Waals surface area contributed by atoms with E-state index in [9.17, 15) is 4.79 Å². The van der Waals surface area contributed by atoms with E-state index in [4.69, 9.17) is 25.8 Å². The highest BCUT2D eigenvalue weighted by atomic mass is 35.5. The summed E-state index contributed by atoms with van der Waals surface area (Å²) in [5.74, 6) is 2.09. The fraction of sp³-hybridized carbons (Fsp3) is 0.235. The van der Waals surface area contributed by atoms with Crippen molar-refractivity contribution in [3.63, 3.8) is 0 Å². The average molecular weight is 332 g/mol. The van der Waals surface area contributed by atoms with E-state index in [1.165, 1.54) is 0 Å². The molecule has 118 valence electrons. The molecule has 2 aliphatic heterocycles. The number of halogens is 1. The van der Waals surface area contributed by atoms with Crippen molar-refractivity contribution in [3.8, 4) is 17.2 Å². The number of carbonyl (C=O) groups is 1. The van der Waals surface area contributed by atoms with Crippen LogP contribution >= 0.6 is 11.6 Å². The third-order valence-corrected chi connectivity index (χ3v) is 4.13. The smallest absolute Gasteiger partial charge is 0.261 e. The fourth-order valence-electron chi connectivity index (χ4n) is 2.74. The Morgan fingerprint density at radius 1 is 1.00 bits per heavy atom. The first-order valence-electron chi connectivity index (χ1n) is 7.26. The average Bonchev–Trinajstić information content (AvgIpc) is 2.95. The lowest BCUT2D eigenvalue weighted by Gasteiger charge is -2.20. The van der Waals surface area contributed by atoms with Crippen LogP contribution in [0.5, 0.6) is 17.2 Å². The molecule has 0 aliphatic carbocycles. The molecule has 0 spiro atoms. The highest BCUT2D eigenvalue weighted by Crippen LogP contribution is 2.33. The molecule has 2 aromatic rings. The zero-order valence-corrected chi connectivity index (χ0v) is 13.0. The molecule has 6 heteroatoms. The summed E-state index contributed by atoms with van der Waals surface area (Å²) in [7, 11) is 0. The van der Waals surface area contributed by atoms with Crippen molar-refractivity contribution >= 4 is 17.5 Å². The van der Waals surface area contributed by atoms with Crippen LogP contribution in [0.2, 0.25) is 5.02 Å². The van der Waals surface area contributed by atoms with Gasteiger partial charge >= 0.3 is 0 Å². The van der Waals surface area contributed by atoms with Gasteiger partial charge in [-0.2, -0.15) is 0 Å². The molecule has 0 saturated heterocycles. The predicted molar refractivity (Wildman–Crippen MR) is 83.8 cm³/mol. The van der Waals surface area contributed by atoms with Gasteiger partial charge in [0.2, 0.25) is 6.79 Å². The monoisotopic (exact) mass is 331 g/mol. The summed E-state index contributed by atoms with van der Waals surface area (Å²) in [5, 5.41) is 0.629. The zero-order chi connectivity index (χ0) is 15.8. The molecule has 2 aromatic carbocycles. The van der Waals surface area contributed by atoms with Crippen molar-refractivity contribution in [2.45, 2.75) is 13.1 Å². The van der Waals surface area contributed by atoms with Crippen LogP contribution in [0.25, 0.3) is 0 Å². The standard InChI is InChI=1S/C17H14ClNO4/c18-13-2-4-14-12(6-13)8-19(17(20)9-21-14)7-11-1-3-15-16(5-11)23-10-22-15/h1-6H,7-10H2. The Labute approximate surface area is 138 Å².